The van der Waals surface area contributed by atoms with Crippen LogP contribution >= 0.6 is 0 Å². The van der Waals surface area contributed by atoms with E-state index in [1.165, 1.54) is 0 Å². The van der Waals surface area contributed by atoms with Gasteiger partial charge in [0.05, 0.1) is 6.54 Å². The van der Waals surface area contributed by atoms with Crippen LogP contribution in [0, 0.1) is 5.92 Å². The maximum absolute atomic E-state index is 12.3. The monoisotopic (exact) mass is 335 g/mol. The van der Waals surface area contributed by atoms with E-state index in [1.54, 1.807) is 24.3 Å². The van der Waals surface area contributed by atoms with Crippen LogP contribution < -0.4 is 10.6 Å². The Morgan fingerprint density at radius 1 is 1.08 bits per heavy atom. The van der Waals surface area contributed by atoms with E-state index in [1.807, 2.05) is 28.8 Å². The van der Waals surface area contributed by atoms with Crippen molar-refractivity contribution in [3.8, 4) is 0 Å². The second-order valence-corrected chi connectivity index (χ2v) is 6.07. The fourth-order valence-corrected chi connectivity index (χ4v) is 2.57. The van der Waals surface area contributed by atoms with Crippen LogP contribution in [-0.2, 0) is 11.3 Å². The van der Waals surface area contributed by atoms with E-state index >= 15 is 0 Å². The Morgan fingerprint density at radius 3 is 2.64 bits per heavy atom. The largest absolute Gasteiger partial charge is 0.345 e. The SMILES string of the molecule is O=C(NCc1nnc2ccccn12)c1ccc(NC(=O)C2CC2)cc1. The third-order valence-corrected chi connectivity index (χ3v) is 4.15. The van der Waals surface area contributed by atoms with Gasteiger partial charge in [0.2, 0.25) is 5.91 Å². The highest BCUT2D eigenvalue weighted by Crippen LogP contribution is 2.30. The van der Waals surface area contributed by atoms with E-state index in [0.717, 1.165) is 18.5 Å². The predicted molar refractivity (Wildman–Crippen MR) is 92.0 cm³/mol. The van der Waals surface area contributed by atoms with E-state index in [-0.39, 0.29) is 24.3 Å². The first-order valence-corrected chi connectivity index (χ1v) is 8.18. The number of anilines is 1. The number of hydrogen-bond donors (Lipinski definition) is 2. The van der Waals surface area contributed by atoms with E-state index in [0.29, 0.717) is 17.1 Å². The quantitative estimate of drug-likeness (QED) is 0.746. The van der Waals surface area contributed by atoms with Crippen molar-refractivity contribution in [2.24, 2.45) is 5.92 Å². The summed E-state index contributed by atoms with van der Waals surface area (Å²) in [6, 6.07) is 12.5. The summed E-state index contributed by atoms with van der Waals surface area (Å²) in [5.74, 6) is 0.668. The summed E-state index contributed by atoms with van der Waals surface area (Å²) in [6.45, 7) is 0.282. The minimum Gasteiger partial charge on any atom is -0.345 e. The highest BCUT2D eigenvalue weighted by Gasteiger charge is 2.29. The Hall–Kier alpha value is -3.22. The molecule has 2 amide bonds. The Kier molecular flexibility index (Phi) is 3.89. The average Bonchev–Trinajstić information content (AvgIpc) is 3.41. The molecule has 0 saturated heterocycles. The van der Waals surface area contributed by atoms with Gasteiger partial charge in [0.15, 0.2) is 11.5 Å². The lowest BCUT2D eigenvalue weighted by Crippen LogP contribution is -2.24. The van der Waals surface area contributed by atoms with Crippen molar-refractivity contribution in [3.63, 3.8) is 0 Å². The van der Waals surface area contributed by atoms with Crippen LogP contribution in [0.4, 0.5) is 5.69 Å². The maximum Gasteiger partial charge on any atom is 0.251 e. The summed E-state index contributed by atoms with van der Waals surface area (Å²) < 4.78 is 1.83. The van der Waals surface area contributed by atoms with Crippen LogP contribution in [0.3, 0.4) is 0 Å². The molecule has 1 fully saturated rings. The fourth-order valence-electron chi connectivity index (χ4n) is 2.57. The topological polar surface area (TPSA) is 88.4 Å². The Balaban J connectivity index is 1.38. The molecule has 0 radical (unpaired) electrons. The van der Waals surface area contributed by atoms with Crippen molar-refractivity contribution in [1.82, 2.24) is 19.9 Å². The molecule has 2 heterocycles. The number of rotatable bonds is 5. The molecule has 0 spiro atoms. The number of carbonyl (C=O) groups is 2. The zero-order valence-electron chi connectivity index (χ0n) is 13.5. The number of carbonyl (C=O) groups excluding carboxylic acids is 2. The lowest BCUT2D eigenvalue weighted by Gasteiger charge is -2.07. The lowest BCUT2D eigenvalue weighted by molar-refractivity contribution is -0.117. The molecule has 3 aromatic rings. The van der Waals surface area contributed by atoms with E-state index in [4.69, 9.17) is 0 Å². The van der Waals surface area contributed by atoms with Crippen LogP contribution in [0.1, 0.15) is 29.0 Å². The molecule has 25 heavy (non-hydrogen) atoms. The summed E-state index contributed by atoms with van der Waals surface area (Å²) in [4.78, 5) is 24.0. The van der Waals surface area contributed by atoms with Crippen LogP contribution in [0.5, 0.6) is 0 Å². The first-order valence-electron chi connectivity index (χ1n) is 8.18. The first-order chi connectivity index (χ1) is 12.2. The number of fused-ring (bicyclic) bond motifs is 1. The number of pyridine rings is 1. The smallest absolute Gasteiger partial charge is 0.251 e. The number of nitrogens with one attached hydrogen (secondary N) is 2. The Labute approximate surface area is 144 Å². The lowest BCUT2D eigenvalue weighted by atomic mass is 10.2. The van der Waals surface area contributed by atoms with Gasteiger partial charge in [-0.05, 0) is 49.2 Å². The van der Waals surface area contributed by atoms with Crippen LogP contribution in [0.2, 0.25) is 0 Å². The van der Waals surface area contributed by atoms with E-state index in [2.05, 4.69) is 20.8 Å². The van der Waals surface area contributed by atoms with Crippen LogP contribution in [0.25, 0.3) is 5.65 Å². The standard InChI is InChI=1S/C18H17N5O2/c24-17(19-11-16-22-21-15-3-1-2-10-23(15)16)12-6-8-14(9-7-12)20-18(25)13-4-5-13/h1-3,6-10,13H,4-5,11H2,(H,19,24)(H,20,25). The molecule has 1 saturated carbocycles. The summed E-state index contributed by atoms with van der Waals surface area (Å²) in [7, 11) is 0. The van der Waals surface area contributed by atoms with Gasteiger partial charge in [0.1, 0.15) is 0 Å². The third kappa shape index (κ3) is 3.35. The normalized spacial score (nSPS) is 13.6. The predicted octanol–water partition coefficient (Wildman–Crippen LogP) is 2.01. The fraction of sp³-hybridized carbons (Fsp3) is 0.222. The first kappa shape index (κ1) is 15.3. The van der Waals surface area contributed by atoms with Gasteiger partial charge < -0.3 is 10.6 Å². The van der Waals surface area contributed by atoms with Gasteiger partial charge in [-0.15, -0.1) is 10.2 Å². The number of benzene rings is 1. The average molecular weight is 335 g/mol. The molecule has 7 heteroatoms. The van der Waals surface area contributed by atoms with Crippen molar-refractivity contribution in [2.75, 3.05) is 5.32 Å². The Bertz CT molecular complexity index is 928. The molecule has 7 nitrogen and oxygen atoms in total. The van der Waals surface area contributed by atoms with E-state index in [9.17, 15) is 9.59 Å². The van der Waals surface area contributed by atoms with Gasteiger partial charge in [0, 0.05) is 23.4 Å². The molecule has 1 aliphatic carbocycles. The zero-order chi connectivity index (χ0) is 17.2. The molecule has 2 N–H and O–H groups in total. The number of aromatic nitrogens is 3. The van der Waals surface area contributed by atoms with Gasteiger partial charge >= 0.3 is 0 Å². The van der Waals surface area contributed by atoms with Crippen molar-refractivity contribution >= 4 is 23.1 Å². The minimum absolute atomic E-state index is 0.0517. The van der Waals surface area contributed by atoms with Gasteiger partial charge in [0.25, 0.3) is 5.91 Å². The summed E-state index contributed by atoms with van der Waals surface area (Å²) in [6.07, 6.45) is 3.78. The van der Waals surface area contributed by atoms with Crippen molar-refractivity contribution < 1.29 is 9.59 Å². The van der Waals surface area contributed by atoms with Gasteiger partial charge in [-0.25, -0.2) is 0 Å². The summed E-state index contributed by atoms with van der Waals surface area (Å²) in [5, 5.41) is 13.8. The molecular formula is C18H17N5O2. The summed E-state index contributed by atoms with van der Waals surface area (Å²) >= 11 is 0. The van der Waals surface area contributed by atoms with Crippen LogP contribution in [-0.4, -0.2) is 26.4 Å². The minimum atomic E-state index is -0.201. The van der Waals surface area contributed by atoms with Gasteiger partial charge in [-0.2, -0.15) is 0 Å². The molecule has 126 valence electrons. The number of hydrogen-bond acceptors (Lipinski definition) is 4. The molecular weight excluding hydrogens is 318 g/mol. The van der Waals surface area contributed by atoms with Crippen molar-refractivity contribution in [1.29, 1.82) is 0 Å². The molecule has 1 aliphatic rings. The van der Waals surface area contributed by atoms with Gasteiger partial charge in [-0.1, -0.05) is 6.07 Å². The second-order valence-electron chi connectivity index (χ2n) is 6.07. The molecule has 2 aromatic heterocycles. The third-order valence-electron chi connectivity index (χ3n) is 4.15. The highest BCUT2D eigenvalue weighted by atomic mass is 16.2. The number of nitrogens with zero attached hydrogens (tertiary/aromatic N) is 3. The zero-order valence-corrected chi connectivity index (χ0v) is 13.5. The van der Waals surface area contributed by atoms with Crippen LogP contribution in [0.15, 0.2) is 48.7 Å². The van der Waals surface area contributed by atoms with Crippen molar-refractivity contribution in [2.45, 2.75) is 19.4 Å². The molecule has 0 aliphatic heterocycles. The second kappa shape index (κ2) is 6.35. The highest BCUT2D eigenvalue weighted by molar-refractivity contribution is 5.96. The molecule has 4 rings (SSSR count). The number of amides is 2. The van der Waals surface area contributed by atoms with Gasteiger partial charge in [-0.3, -0.25) is 14.0 Å². The van der Waals surface area contributed by atoms with Crippen molar-refractivity contribution in [3.05, 3.63) is 60.0 Å². The Morgan fingerprint density at radius 2 is 1.88 bits per heavy atom. The molecule has 0 bridgehead atoms. The van der Waals surface area contributed by atoms with E-state index < -0.39 is 0 Å². The molecule has 0 atom stereocenters. The summed E-state index contributed by atoms with van der Waals surface area (Å²) in [5.41, 5.74) is 1.97. The maximum atomic E-state index is 12.3. The molecule has 0 unspecified atom stereocenters. The molecule has 1 aromatic carbocycles.